The second-order valence-corrected chi connectivity index (χ2v) is 20.4. The summed E-state index contributed by atoms with van der Waals surface area (Å²) in [5.41, 5.74) is 0. The number of unbranched alkanes of at least 4 members (excludes halogenated alkanes) is 3. The minimum absolute atomic E-state index is 0.107. The number of furan rings is 1. The van der Waals surface area contributed by atoms with Crippen LogP contribution in [0.5, 0.6) is 0 Å². The van der Waals surface area contributed by atoms with Crippen molar-refractivity contribution in [3.8, 4) is 0 Å². The van der Waals surface area contributed by atoms with Crippen molar-refractivity contribution in [3.63, 3.8) is 0 Å². The van der Waals surface area contributed by atoms with E-state index >= 15 is 0 Å². The Morgan fingerprint density at radius 3 is 1.95 bits per heavy atom. The SMILES string of the molecule is CCC[CH2][Sn]([CH2]CCC)([CH2]CCC)[CH2]OC(C)c1ccco1. The van der Waals surface area contributed by atoms with Crippen LogP contribution in [-0.2, 0) is 4.74 Å². The van der Waals surface area contributed by atoms with E-state index in [1.54, 1.807) is 6.26 Å². The van der Waals surface area contributed by atoms with Gasteiger partial charge in [-0.25, -0.2) is 0 Å². The van der Waals surface area contributed by atoms with Crippen LogP contribution < -0.4 is 0 Å². The summed E-state index contributed by atoms with van der Waals surface area (Å²) in [4.78, 5) is 0. The predicted molar refractivity (Wildman–Crippen MR) is 98.0 cm³/mol. The van der Waals surface area contributed by atoms with E-state index in [2.05, 4.69) is 27.7 Å². The monoisotopic (exact) mass is 416 g/mol. The fourth-order valence-electron chi connectivity index (χ4n) is 3.15. The average Bonchev–Trinajstić information content (AvgIpc) is 3.08. The number of hydrogen-bond acceptors (Lipinski definition) is 2. The van der Waals surface area contributed by atoms with Crippen molar-refractivity contribution in [1.29, 1.82) is 0 Å². The first-order valence-corrected chi connectivity index (χ1v) is 17.4. The van der Waals surface area contributed by atoms with Gasteiger partial charge in [0.15, 0.2) is 0 Å². The Kier molecular flexibility index (Phi) is 10.5. The zero-order valence-electron chi connectivity index (χ0n) is 15.2. The van der Waals surface area contributed by atoms with Gasteiger partial charge in [-0.1, -0.05) is 0 Å². The molecule has 0 saturated heterocycles. The summed E-state index contributed by atoms with van der Waals surface area (Å²) in [6.45, 7) is 9.10. The molecule has 1 atom stereocenters. The van der Waals surface area contributed by atoms with Crippen molar-refractivity contribution in [2.45, 2.75) is 85.6 Å². The minimum atomic E-state index is -2.15. The molecule has 1 aromatic rings. The van der Waals surface area contributed by atoms with Gasteiger partial charge < -0.3 is 0 Å². The van der Waals surface area contributed by atoms with Crippen LogP contribution in [0.15, 0.2) is 22.8 Å². The van der Waals surface area contributed by atoms with E-state index in [1.807, 2.05) is 12.1 Å². The average molecular weight is 415 g/mol. The van der Waals surface area contributed by atoms with Crippen LogP contribution >= 0.6 is 0 Å². The summed E-state index contributed by atoms with van der Waals surface area (Å²) in [5.74, 6) is 0.974. The third-order valence-electron chi connectivity index (χ3n) is 4.77. The van der Waals surface area contributed by atoms with E-state index < -0.39 is 18.4 Å². The van der Waals surface area contributed by atoms with Crippen molar-refractivity contribution in [3.05, 3.63) is 24.2 Å². The second-order valence-electron chi connectivity index (χ2n) is 6.78. The molecule has 0 saturated carbocycles. The molecule has 0 aliphatic heterocycles. The van der Waals surface area contributed by atoms with Crippen LogP contribution in [0.25, 0.3) is 0 Å². The second kappa shape index (κ2) is 11.6. The molecular formula is C19H36O2Sn. The molecule has 0 N–H and O–H groups in total. The van der Waals surface area contributed by atoms with Crippen molar-refractivity contribution >= 4 is 18.4 Å². The Labute approximate surface area is 141 Å². The molecule has 128 valence electrons. The molecule has 0 radical (unpaired) electrons. The number of rotatable bonds is 13. The first-order chi connectivity index (χ1) is 10.7. The summed E-state index contributed by atoms with van der Waals surface area (Å²) in [6, 6.07) is 3.99. The van der Waals surface area contributed by atoms with E-state index in [1.165, 1.54) is 51.8 Å². The van der Waals surface area contributed by atoms with Crippen molar-refractivity contribution < 1.29 is 9.15 Å². The first-order valence-electron chi connectivity index (χ1n) is 9.32. The van der Waals surface area contributed by atoms with Gasteiger partial charge in [0.1, 0.15) is 0 Å². The molecule has 0 fully saturated rings. The van der Waals surface area contributed by atoms with Crippen LogP contribution in [0, 0.1) is 0 Å². The number of ether oxygens (including phenoxy) is 1. The summed E-state index contributed by atoms with van der Waals surface area (Å²) in [6.07, 6.45) is 10.0. The zero-order valence-corrected chi connectivity index (χ0v) is 18.1. The van der Waals surface area contributed by atoms with Gasteiger partial charge in [-0.2, -0.15) is 0 Å². The normalized spacial score (nSPS) is 13.5. The zero-order chi connectivity index (χ0) is 16.3. The fraction of sp³-hybridized carbons (Fsp3) is 0.789. The van der Waals surface area contributed by atoms with Gasteiger partial charge in [0, 0.05) is 0 Å². The Morgan fingerprint density at radius 2 is 1.55 bits per heavy atom. The van der Waals surface area contributed by atoms with Gasteiger partial charge in [0.2, 0.25) is 0 Å². The molecule has 0 aliphatic rings. The summed E-state index contributed by atoms with van der Waals surface area (Å²) >= 11 is -2.15. The van der Waals surface area contributed by atoms with Crippen molar-refractivity contribution in [2.75, 3.05) is 4.62 Å². The topological polar surface area (TPSA) is 22.4 Å². The molecule has 0 aliphatic carbocycles. The van der Waals surface area contributed by atoms with Crippen LogP contribution in [-0.4, -0.2) is 23.0 Å². The Balaban J connectivity index is 2.67. The molecule has 1 heterocycles. The van der Waals surface area contributed by atoms with Gasteiger partial charge >= 0.3 is 142 Å². The Bertz CT molecular complexity index is 340. The molecule has 2 nitrogen and oxygen atoms in total. The maximum atomic E-state index is 6.34. The maximum absolute atomic E-state index is 6.34. The van der Waals surface area contributed by atoms with Crippen LogP contribution in [0.2, 0.25) is 13.3 Å². The molecule has 1 rings (SSSR count). The summed E-state index contributed by atoms with van der Waals surface area (Å²) < 4.78 is 17.5. The standard InChI is InChI=1S/C7H9O2.3C4H9.Sn/c1-6(8-2)7-4-3-5-9-7;3*1-3-4-2;/h3-6H,2H2,1H3;3*1,3-4H2,2H3;. The Morgan fingerprint density at radius 1 is 1.00 bits per heavy atom. The molecule has 0 aromatic carbocycles. The first kappa shape index (κ1) is 20.1. The van der Waals surface area contributed by atoms with Gasteiger partial charge in [0.25, 0.3) is 0 Å². The fourth-order valence-corrected chi connectivity index (χ4v) is 17.7. The van der Waals surface area contributed by atoms with Gasteiger partial charge in [0.05, 0.1) is 0 Å². The third-order valence-corrected chi connectivity index (χ3v) is 19.1. The van der Waals surface area contributed by atoms with E-state index in [0.29, 0.717) is 0 Å². The summed E-state index contributed by atoms with van der Waals surface area (Å²) in [7, 11) is 0. The van der Waals surface area contributed by atoms with E-state index in [-0.39, 0.29) is 6.10 Å². The molecule has 1 unspecified atom stereocenters. The molecular weight excluding hydrogens is 379 g/mol. The van der Waals surface area contributed by atoms with Gasteiger partial charge in [-0.3, -0.25) is 0 Å². The molecule has 22 heavy (non-hydrogen) atoms. The Hall–Kier alpha value is 0.0387. The molecule has 1 aromatic heterocycles. The van der Waals surface area contributed by atoms with E-state index in [0.717, 1.165) is 10.4 Å². The molecule has 0 bridgehead atoms. The van der Waals surface area contributed by atoms with Crippen LogP contribution in [0.1, 0.15) is 78.1 Å². The van der Waals surface area contributed by atoms with Crippen LogP contribution in [0.3, 0.4) is 0 Å². The molecule has 3 heteroatoms. The number of hydrogen-bond donors (Lipinski definition) is 0. The third kappa shape index (κ3) is 7.08. The van der Waals surface area contributed by atoms with Gasteiger partial charge in [-0.15, -0.1) is 0 Å². The predicted octanol–water partition coefficient (Wildman–Crippen LogP) is 6.75. The van der Waals surface area contributed by atoms with Crippen molar-refractivity contribution in [2.24, 2.45) is 0 Å². The van der Waals surface area contributed by atoms with E-state index in [4.69, 9.17) is 9.15 Å². The molecule has 0 amide bonds. The van der Waals surface area contributed by atoms with Crippen molar-refractivity contribution in [1.82, 2.24) is 0 Å². The van der Waals surface area contributed by atoms with E-state index in [9.17, 15) is 0 Å². The molecule has 0 spiro atoms. The van der Waals surface area contributed by atoms with Gasteiger partial charge in [-0.05, 0) is 0 Å². The summed E-state index contributed by atoms with van der Waals surface area (Å²) in [5, 5.41) is 0. The quantitative estimate of drug-likeness (QED) is 0.333. The van der Waals surface area contributed by atoms with Crippen LogP contribution in [0.4, 0.5) is 0 Å².